The first-order valence-corrected chi connectivity index (χ1v) is 12.0. The number of rotatable bonds is 8. The number of hydrogen-bond donors (Lipinski definition) is 3. The van der Waals surface area contributed by atoms with Gasteiger partial charge in [-0.05, 0) is 75.9 Å². The van der Waals surface area contributed by atoms with Crippen LogP contribution in [0.2, 0.25) is 0 Å². The second-order valence-electron chi connectivity index (χ2n) is 5.25. The lowest BCUT2D eigenvalue weighted by molar-refractivity contribution is 0.227. The lowest BCUT2D eigenvalue weighted by atomic mass is 10.3. The lowest BCUT2D eigenvalue weighted by Gasteiger charge is -2.11. The van der Waals surface area contributed by atoms with Gasteiger partial charge in [-0.15, -0.1) is 0 Å². The van der Waals surface area contributed by atoms with E-state index in [1.807, 2.05) is 52.9 Å². The maximum atomic E-state index is 9.27. The minimum Gasteiger partial charge on any atom is -0.504 e. The normalized spacial score (nSPS) is 9.48. The van der Waals surface area contributed by atoms with Gasteiger partial charge in [-0.1, -0.05) is 28.1 Å². The first-order valence-electron chi connectivity index (χ1n) is 8.71. The summed E-state index contributed by atoms with van der Waals surface area (Å²) in [6, 6.07) is 11.1. The van der Waals surface area contributed by atoms with Crippen LogP contribution in [0.15, 0.2) is 36.4 Å². The molecule has 2 rings (SSSR count). The third-order valence-electron chi connectivity index (χ3n) is 3.16. The molecule has 29 heavy (non-hydrogen) atoms. The van der Waals surface area contributed by atoms with E-state index in [1.165, 1.54) is 7.11 Å². The van der Waals surface area contributed by atoms with Crippen molar-refractivity contribution < 1.29 is 29.5 Å². The molecule has 0 saturated heterocycles. The quantitative estimate of drug-likeness (QED) is 0.208. The monoisotopic (exact) mass is 696 g/mol. The van der Waals surface area contributed by atoms with Crippen molar-refractivity contribution in [3.8, 4) is 23.0 Å². The number of halogens is 3. The van der Waals surface area contributed by atoms with Crippen molar-refractivity contribution in [2.45, 2.75) is 12.8 Å². The van der Waals surface area contributed by atoms with Gasteiger partial charge in [0.25, 0.3) is 0 Å². The molecule has 0 aromatic heterocycles. The number of aromatic hydroxyl groups is 1. The Kier molecular flexibility index (Phi) is 18.0. The molecule has 0 heterocycles. The van der Waals surface area contributed by atoms with Crippen LogP contribution in [0.25, 0.3) is 0 Å². The van der Waals surface area contributed by atoms with Crippen LogP contribution >= 0.6 is 61.1 Å². The number of hydrogen-bond acceptors (Lipinski definition) is 6. The molecule has 0 spiro atoms. The van der Waals surface area contributed by atoms with Crippen LogP contribution in [-0.2, 0) is 0 Å². The fourth-order valence-corrected chi connectivity index (χ4v) is 3.10. The zero-order chi connectivity index (χ0) is 22.1. The third kappa shape index (κ3) is 12.1. The van der Waals surface area contributed by atoms with Gasteiger partial charge >= 0.3 is 0 Å². The Morgan fingerprint density at radius 3 is 1.86 bits per heavy atom. The smallest absolute Gasteiger partial charge is 0.174 e. The highest BCUT2D eigenvalue weighted by Crippen LogP contribution is 2.32. The molecule has 9 heteroatoms. The molecule has 0 unspecified atom stereocenters. The Labute approximate surface area is 208 Å². The standard InChI is InChI=1S/C10H13IO3.C7H7IO2.C3H7BrO/c1-13-9-5-2-4-8(11)10(9)14-7-3-6-12;1-10-6-4-2-3-5(8)7(6)9;4-2-1-3-5/h2,4-5,12H,3,6-7H2,1H3;2-4,9H,1H3;5H,1-3H2. The van der Waals surface area contributed by atoms with E-state index in [1.54, 1.807) is 13.2 Å². The van der Waals surface area contributed by atoms with Crippen LogP contribution in [-0.4, -0.2) is 54.7 Å². The first-order chi connectivity index (χ1) is 14.0. The average molecular weight is 697 g/mol. The first kappa shape index (κ1) is 28.5. The molecule has 2 aromatic rings. The summed E-state index contributed by atoms with van der Waals surface area (Å²) < 4.78 is 17.4. The Hall–Kier alpha value is -0.500. The molecule has 6 nitrogen and oxygen atoms in total. The van der Waals surface area contributed by atoms with Crippen molar-refractivity contribution in [2.24, 2.45) is 0 Å². The van der Waals surface area contributed by atoms with Crippen molar-refractivity contribution in [1.29, 1.82) is 0 Å². The Morgan fingerprint density at radius 2 is 1.41 bits per heavy atom. The van der Waals surface area contributed by atoms with Crippen LogP contribution < -0.4 is 14.2 Å². The zero-order valence-electron chi connectivity index (χ0n) is 16.4. The van der Waals surface area contributed by atoms with Crippen molar-refractivity contribution in [3.05, 3.63) is 43.5 Å². The highest BCUT2D eigenvalue weighted by Gasteiger charge is 2.07. The highest BCUT2D eigenvalue weighted by atomic mass is 127. The van der Waals surface area contributed by atoms with Crippen LogP contribution in [0.4, 0.5) is 0 Å². The molecule has 2 aromatic carbocycles. The van der Waals surface area contributed by atoms with Crippen LogP contribution in [0.1, 0.15) is 12.8 Å². The van der Waals surface area contributed by atoms with Gasteiger partial charge in [-0.2, -0.15) is 0 Å². The summed E-state index contributed by atoms with van der Waals surface area (Å²) >= 11 is 7.39. The molecule has 0 aliphatic carbocycles. The summed E-state index contributed by atoms with van der Waals surface area (Å²) in [5.41, 5.74) is 0. The van der Waals surface area contributed by atoms with E-state index in [4.69, 9.17) is 24.4 Å². The van der Waals surface area contributed by atoms with Gasteiger partial charge in [0.05, 0.1) is 28.0 Å². The number of aliphatic hydroxyl groups excluding tert-OH is 2. The van der Waals surface area contributed by atoms with Gasteiger partial charge in [0.15, 0.2) is 23.0 Å². The van der Waals surface area contributed by atoms with E-state index in [2.05, 4.69) is 38.5 Å². The molecule has 3 N–H and O–H groups in total. The topological polar surface area (TPSA) is 88.4 Å². The second-order valence-corrected chi connectivity index (χ2v) is 8.37. The fraction of sp³-hybridized carbons (Fsp3) is 0.400. The van der Waals surface area contributed by atoms with Gasteiger partial charge in [0.2, 0.25) is 0 Å². The molecule has 0 aliphatic heterocycles. The minimum absolute atomic E-state index is 0.145. The second kappa shape index (κ2) is 18.3. The van der Waals surface area contributed by atoms with Crippen molar-refractivity contribution in [1.82, 2.24) is 0 Å². The molecule has 164 valence electrons. The molecule has 0 fully saturated rings. The summed E-state index contributed by atoms with van der Waals surface area (Å²) in [7, 11) is 3.15. The number of para-hydroxylation sites is 2. The molecule has 0 amide bonds. The number of ether oxygens (including phenoxy) is 3. The van der Waals surface area contributed by atoms with E-state index < -0.39 is 0 Å². The number of aliphatic hydroxyl groups is 2. The molecular formula is C20H27BrI2O6. The predicted molar refractivity (Wildman–Crippen MR) is 136 cm³/mol. The molecule has 0 bridgehead atoms. The van der Waals surface area contributed by atoms with Crippen molar-refractivity contribution in [3.63, 3.8) is 0 Å². The zero-order valence-corrected chi connectivity index (χ0v) is 22.3. The number of alkyl halides is 1. The predicted octanol–water partition coefficient (Wildman–Crippen LogP) is 4.83. The maximum Gasteiger partial charge on any atom is 0.174 e. The largest absolute Gasteiger partial charge is 0.504 e. The van der Waals surface area contributed by atoms with E-state index >= 15 is 0 Å². The van der Waals surface area contributed by atoms with E-state index in [0.29, 0.717) is 25.4 Å². The van der Waals surface area contributed by atoms with E-state index in [-0.39, 0.29) is 12.4 Å². The summed E-state index contributed by atoms with van der Waals surface area (Å²) in [6.45, 7) is 0.948. The van der Waals surface area contributed by atoms with Crippen LogP contribution in [0.5, 0.6) is 23.0 Å². The Balaban J connectivity index is 0.000000455. The summed E-state index contributed by atoms with van der Waals surface area (Å²) in [6.07, 6.45) is 1.49. The Bertz CT molecular complexity index is 686. The van der Waals surface area contributed by atoms with E-state index in [9.17, 15) is 5.11 Å². The van der Waals surface area contributed by atoms with Crippen LogP contribution in [0.3, 0.4) is 0 Å². The van der Waals surface area contributed by atoms with Crippen molar-refractivity contribution >= 4 is 61.1 Å². The maximum absolute atomic E-state index is 9.27. The fourth-order valence-electron chi connectivity index (χ4n) is 1.75. The third-order valence-corrected chi connectivity index (χ3v) is 5.44. The van der Waals surface area contributed by atoms with E-state index in [0.717, 1.165) is 30.4 Å². The van der Waals surface area contributed by atoms with Gasteiger partial charge in [0.1, 0.15) is 0 Å². The number of phenolic OH excluding ortho intramolecular Hbond substituents is 1. The molecular weight excluding hydrogens is 670 g/mol. The number of benzene rings is 2. The number of methoxy groups -OCH3 is 2. The number of phenols is 1. The van der Waals surface area contributed by atoms with Gasteiger partial charge in [-0.25, -0.2) is 0 Å². The lowest BCUT2D eigenvalue weighted by Crippen LogP contribution is -2.02. The molecule has 0 aliphatic rings. The van der Waals surface area contributed by atoms with Crippen molar-refractivity contribution in [2.75, 3.05) is 39.4 Å². The van der Waals surface area contributed by atoms with Crippen LogP contribution in [0, 0.1) is 7.14 Å². The Morgan fingerprint density at radius 1 is 0.862 bits per heavy atom. The minimum atomic E-state index is 0.145. The summed E-state index contributed by atoms with van der Waals surface area (Å²) in [5.74, 6) is 2.22. The summed E-state index contributed by atoms with van der Waals surface area (Å²) in [4.78, 5) is 0. The van der Waals surface area contributed by atoms with Gasteiger partial charge < -0.3 is 29.5 Å². The molecule has 0 saturated carbocycles. The summed E-state index contributed by atoms with van der Waals surface area (Å²) in [5, 5.41) is 26.8. The molecule has 0 atom stereocenters. The van der Waals surface area contributed by atoms with Gasteiger partial charge in [0, 0.05) is 25.0 Å². The average Bonchev–Trinajstić information content (AvgIpc) is 2.73. The van der Waals surface area contributed by atoms with Gasteiger partial charge in [-0.3, -0.25) is 0 Å². The SMILES string of the molecule is COc1cccc(I)c1O.COc1cccc(I)c1OCCCO.OCCCBr. The molecule has 0 radical (unpaired) electrons. The highest BCUT2D eigenvalue weighted by molar-refractivity contribution is 14.1.